The molecule has 1 amide bonds. The van der Waals surface area contributed by atoms with E-state index in [0.717, 1.165) is 13.0 Å². The third-order valence-electron chi connectivity index (χ3n) is 2.60. The van der Waals surface area contributed by atoms with Gasteiger partial charge in [0, 0.05) is 6.54 Å². The highest BCUT2D eigenvalue weighted by molar-refractivity contribution is 5.83. The summed E-state index contributed by atoms with van der Waals surface area (Å²) in [6.45, 7) is 9.15. The van der Waals surface area contributed by atoms with Crippen LogP contribution in [-0.2, 0) is 4.79 Å². The van der Waals surface area contributed by atoms with Gasteiger partial charge in [0.2, 0.25) is 11.8 Å². The van der Waals surface area contributed by atoms with Crippen LogP contribution in [0.25, 0.3) is 0 Å². The molecule has 7 nitrogen and oxygen atoms in total. The van der Waals surface area contributed by atoms with Crippen LogP contribution in [0.15, 0.2) is 4.42 Å². The van der Waals surface area contributed by atoms with Crippen LogP contribution in [0.4, 0.5) is 6.01 Å². The molecule has 0 saturated carbocycles. The topological polar surface area (TPSA) is 92.1 Å². The summed E-state index contributed by atoms with van der Waals surface area (Å²) in [6.07, 6.45) is 1.04. The van der Waals surface area contributed by atoms with Crippen LogP contribution in [0.1, 0.15) is 46.0 Å². The Morgan fingerprint density at radius 3 is 2.68 bits per heavy atom. The molecule has 1 aromatic rings. The van der Waals surface area contributed by atoms with E-state index < -0.39 is 6.04 Å². The van der Waals surface area contributed by atoms with Crippen LogP contribution < -0.4 is 16.0 Å². The summed E-state index contributed by atoms with van der Waals surface area (Å²) < 4.78 is 5.47. The third kappa shape index (κ3) is 4.86. The van der Waals surface area contributed by atoms with Gasteiger partial charge in [-0.05, 0) is 33.7 Å². The maximum absolute atomic E-state index is 11.6. The van der Waals surface area contributed by atoms with Crippen molar-refractivity contribution in [2.45, 2.75) is 46.2 Å². The quantitative estimate of drug-likeness (QED) is 0.653. The second-order valence-electron chi connectivity index (χ2n) is 4.38. The van der Waals surface area contributed by atoms with Gasteiger partial charge in [-0.1, -0.05) is 12.0 Å². The Morgan fingerprint density at radius 1 is 1.32 bits per heavy atom. The van der Waals surface area contributed by atoms with Crippen LogP contribution in [0.5, 0.6) is 0 Å². The van der Waals surface area contributed by atoms with Crippen molar-refractivity contribution in [2.24, 2.45) is 0 Å². The molecule has 2 atom stereocenters. The molecule has 0 aliphatic rings. The summed E-state index contributed by atoms with van der Waals surface area (Å²) in [5.41, 5.74) is 0. The Hall–Kier alpha value is -1.63. The smallest absolute Gasteiger partial charge is 0.316 e. The third-order valence-corrected chi connectivity index (χ3v) is 2.60. The molecular formula is C12H23N5O2. The highest BCUT2D eigenvalue weighted by Crippen LogP contribution is 2.14. The van der Waals surface area contributed by atoms with Crippen molar-refractivity contribution in [3.05, 3.63) is 5.89 Å². The van der Waals surface area contributed by atoms with E-state index in [1.165, 1.54) is 0 Å². The molecule has 1 heterocycles. The van der Waals surface area contributed by atoms with E-state index in [1.54, 1.807) is 6.92 Å². The van der Waals surface area contributed by atoms with Gasteiger partial charge in [0.1, 0.15) is 6.04 Å². The van der Waals surface area contributed by atoms with Crippen molar-refractivity contribution < 1.29 is 9.21 Å². The van der Waals surface area contributed by atoms with Gasteiger partial charge in [0.05, 0.1) is 6.04 Å². The fourth-order valence-electron chi connectivity index (χ4n) is 1.49. The van der Waals surface area contributed by atoms with Gasteiger partial charge >= 0.3 is 6.01 Å². The van der Waals surface area contributed by atoms with Gasteiger partial charge in [-0.2, -0.15) is 0 Å². The van der Waals surface area contributed by atoms with E-state index in [-0.39, 0.29) is 18.0 Å². The highest BCUT2D eigenvalue weighted by Gasteiger charge is 2.17. The molecule has 0 fully saturated rings. The van der Waals surface area contributed by atoms with E-state index in [0.29, 0.717) is 12.4 Å². The minimum Gasteiger partial charge on any atom is -0.406 e. The largest absolute Gasteiger partial charge is 0.406 e. The zero-order valence-corrected chi connectivity index (χ0v) is 12.0. The molecule has 19 heavy (non-hydrogen) atoms. The molecule has 0 radical (unpaired) electrons. The van der Waals surface area contributed by atoms with Crippen molar-refractivity contribution in [1.82, 2.24) is 20.8 Å². The molecule has 0 spiro atoms. The van der Waals surface area contributed by atoms with E-state index in [1.807, 2.05) is 13.8 Å². The molecular weight excluding hydrogens is 246 g/mol. The van der Waals surface area contributed by atoms with Gasteiger partial charge < -0.3 is 20.4 Å². The lowest BCUT2D eigenvalue weighted by Crippen LogP contribution is -2.37. The lowest BCUT2D eigenvalue weighted by Gasteiger charge is -2.11. The minimum absolute atomic E-state index is 0.00257. The first-order valence-electron chi connectivity index (χ1n) is 6.69. The first-order valence-corrected chi connectivity index (χ1v) is 6.69. The van der Waals surface area contributed by atoms with Crippen molar-refractivity contribution in [3.63, 3.8) is 0 Å². The van der Waals surface area contributed by atoms with Crippen LogP contribution in [0, 0.1) is 0 Å². The predicted molar refractivity (Wildman–Crippen MR) is 72.8 cm³/mol. The number of carbonyl (C=O) groups excluding carboxylic acids is 1. The van der Waals surface area contributed by atoms with Gasteiger partial charge in [0.15, 0.2) is 0 Å². The normalized spacial score (nSPS) is 13.9. The average Bonchev–Trinajstić information content (AvgIpc) is 2.84. The SMILES string of the molecule is CCCNC(C)c1nnc(NC(C)C(=O)NCC)o1. The zero-order valence-electron chi connectivity index (χ0n) is 12.0. The maximum atomic E-state index is 11.6. The standard InChI is InChI=1S/C12H23N5O2/c1-5-7-14-9(4)11-16-17-12(19-11)15-8(3)10(18)13-6-2/h8-9,14H,5-7H2,1-4H3,(H,13,18)(H,15,17). The molecule has 0 aromatic carbocycles. The fraction of sp³-hybridized carbons (Fsp3) is 0.750. The van der Waals surface area contributed by atoms with Crippen LogP contribution in [-0.4, -0.2) is 35.2 Å². The molecule has 0 saturated heterocycles. The van der Waals surface area contributed by atoms with Crippen molar-refractivity contribution in [2.75, 3.05) is 18.4 Å². The van der Waals surface area contributed by atoms with E-state index in [2.05, 4.69) is 33.1 Å². The van der Waals surface area contributed by atoms with Gasteiger partial charge in [-0.15, -0.1) is 5.10 Å². The molecule has 1 aromatic heterocycles. The predicted octanol–water partition coefficient (Wildman–Crippen LogP) is 1.07. The van der Waals surface area contributed by atoms with Gasteiger partial charge in [-0.3, -0.25) is 4.79 Å². The molecule has 1 rings (SSSR count). The van der Waals surface area contributed by atoms with Crippen molar-refractivity contribution in [3.8, 4) is 0 Å². The average molecular weight is 269 g/mol. The fourth-order valence-corrected chi connectivity index (χ4v) is 1.49. The Labute approximate surface area is 113 Å². The first-order chi connectivity index (χ1) is 9.08. The highest BCUT2D eigenvalue weighted by atomic mass is 16.4. The summed E-state index contributed by atoms with van der Waals surface area (Å²) >= 11 is 0. The Bertz CT molecular complexity index is 393. The van der Waals surface area contributed by atoms with Crippen LogP contribution >= 0.6 is 0 Å². The number of hydrogen-bond donors (Lipinski definition) is 3. The molecule has 108 valence electrons. The minimum atomic E-state index is -0.410. The van der Waals surface area contributed by atoms with E-state index in [4.69, 9.17) is 4.42 Å². The zero-order chi connectivity index (χ0) is 14.3. The van der Waals surface area contributed by atoms with Gasteiger partial charge in [-0.25, -0.2) is 0 Å². The number of aromatic nitrogens is 2. The number of amides is 1. The second-order valence-corrected chi connectivity index (χ2v) is 4.38. The molecule has 2 unspecified atom stereocenters. The Balaban J connectivity index is 2.52. The molecule has 0 aliphatic heterocycles. The van der Waals surface area contributed by atoms with E-state index >= 15 is 0 Å². The summed E-state index contributed by atoms with van der Waals surface area (Å²) in [6, 6.07) is -0.145. The van der Waals surface area contributed by atoms with Crippen LogP contribution in [0.2, 0.25) is 0 Å². The molecule has 7 heteroatoms. The maximum Gasteiger partial charge on any atom is 0.316 e. The summed E-state index contributed by atoms with van der Waals surface area (Å²) in [4.78, 5) is 11.6. The number of nitrogens with zero attached hydrogens (tertiary/aromatic N) is 2. The Kier molecular flexibility index (Phi) is 6.27. The monoisotopic (exact) mass is 269 g/mol. The van der Waals surface area contributed by atoms with Gasteiger partial charge in [0.25, 0.3) is 0 Å². The molecule has 3 N–H and O–H groups in total. The summed E-state index contributed by atoms with van der Waals surface area (Å²) in [7, 11) is 0. The molecule has 0 aliphatic carbocycles. The number of anilines is 1. The van der Waals surface area contributed by atoms with E-state index in [9.17, 15) is 4.79 Å². The number of nitrogens with one attached hydrogen (secondary N) is 3. The Morgan fingerprint density at radius 2 is 2.05 bits per heavy atom. The lowest BCUT2D eigenvalue weighted by atomic mass is 10.3. The van der Waals surface area contributed by atoms with Crippen molar-refractivity contribution >= 4 is 11.9 Å². The lowest BCUT2D eigenvalue weighted by molar-refractivity contribution is -0.121. The second kappa shape index (κ2) is 7.73. The number of carbonyl (C=O) groups is 1. The van der Waals surface area contributed by atoms with Crippen LogP contribution in [0.3, 0.4) is 0 Å². The number of hydrogen-bond acceptors (Lipinski definition) is 6. The molecule has 0 bridgehead atoms. The number of likely N-dealkylation sites (N-methyl/N-ethyl adjacent to an activating group) is 1. The summed E-state index contributed by atoms with van der Waals surface area (Å²) in [5, 5.41) is 16.7. The first kappa shape index (κ1) is 15.4. The summed E-state index contributed by atoms with van der Waals surface area (Å²) in [5.74, 6) is 0.415. The van der Waals surface area contributed by atoms with Crippen molar-refractivity contribution in [1.29, 1.82) is 0 Å². The number of rotatable bonds is 8.